The molecular formula is C23H25N3O3S. The molecule has 0 aliphatic heterocycles. The second-order valence-corrected chi connectivity index (χ2v) is 7.78. The van der Waals surface area contributed by atoms with Gasteiger partial charge in [0.05, 0.1) is 12.8 Å². The van der Waals surface area contributed by atoms with Crippen molar-refractivity contribution in [1.82, 2.24) is 9.88 Å². The largest absolute Gasteiger partial charge is 0.495 e. The number of likely N-dealkylation sites (N-methyl/N-ethyl adjacent to an activating group) is 1. The summed E-state index contributed by atoms with van der Waals surface area (Å²) in [5.74, 6) is 0.0114. The number of hydrogen-bond donors (Lipinski definition) is 1. The fraction of sp³-hybridized carbons (Fsp3) is 0.261. The minimum Gasteiger partial charge on any atom is -0.495 e. The Labute approximate surface area is 180 Å². The van der Waals surface area contributed by atoms with Gasteiger partial charge in [0.25, 0.3) is 5.91 Å². The van der Waals surface area contributed by atoms with E-state index in [0.717, 1.165) is 16.1 Å². The third-order valence-corrected chi connectivity index (χ3v) is 5.60. The third-order valence-electron chi connectivity index (χ3n) is 4.72. The van der Waals surface area contributed by atoms with Crippen LogP contribution >= 0.6 is 11.3 Å². The maximum atomic E-state index is 12.9. The second kappa shape index (κ2) is 9.54. The van der Waals surface area contributed by atoms with Gasteiger partial charge in [0, 0.05) is 17.5 Å². The van der Waals surface area contributed by atoms with Crippen molar-refractivity contribution in [3.8, 4) is 16.3 Å². The number of ether oxygens (including phenoxy) is 1. The molecule has 0 fully saturated rings. The van der Waals surface area contributed by atoms with E-state index in [1.807, 2.05) is 45.0 Å². The fourth-order valence-electron chi connectivity index (χ4n) is 3.15. The van der Waals surface area contributed by atoms with Crippen LogP contribution in [-0.4, -0.2) is 41.9 Å². The molecule has 1 N–H and O–H groups in total. The zero-order chi connectivity index (χ0) is 21.7. The molecule has 2 amide bonds. The van der Waals surface area contributed by atoms with Gasteiger partial charge < -0.3 is 15.0 Å². The molecule has 0 aliphatic carbocycles. The number of nitrogens with one attached hydrogen (secondary N) is 1. The molecule has 0 atom stereocenters. The van der Waals surface area contributed by atoms with E-state index in [2.05, 4.69) is 16.4 Å². The molecule has 3 rings (SSSR count). The lowest BCUT2D eigenvalue weighted by Crippen LogP contribution is -2.38. The number of benzene rings is 2. The van der Waals surface area contributed by atoms with Gasteiger partial charge in [-0.3, -0.25) is 9.59 Å². The van der Waals surface area contributed by atoms with E-state index in [4.69, 9.17) is 4.74 Å². The molecule has 0 spiro atoms. The molecule has 0 aliphatic rings. The Kier molecular flexibility index (Phi) is 6.84. The van der Waals surface area contributed by atoms with Gasteiger partial charge in [0.15, 0.2) is 0 Å². The molecular weight excluding hydrogens is 398 g/mol. The molecule has 0 bridgehead atoms. The molecule has 7 heteroatoms. The summed E-state index contributed by atoms with van der Waals surface area (Å²) in [6, 6.07) is 13.3. The maximum Gasteiger partial charge on any atom is 0.273 e. The Morgan fingerprint density at radius 2 is 1.93 bits per heavy atom. The molecule has 6 nitrogen and oxygen atoms in total. The SMILES string of the molecule is CCN(CC(=O)Nc1ccccc1OC)C(=O)c1csc(-c2ccc(C)cc2C)n1. The van der Waals surface area contributed by atoms with E-state index in [0.29, 0.717) is 23.7 Å². The fourth-order valence-corrected chi connectivity index (χ4v) is 4.03. The molecule has 2 aromatic carbocycles. The lowest BCUT2D eigenvalue weighted by atomic mass is 10.1. The Morgan fingerprint density at radius 1 is 1.17 bits per heavy atom. The van der Waals surface area contributed by atoms with Crippen molar-refractivity contribution >= 4 is 28.8 Å². The summed E-state index contributed by atoms with van der Waals surface area (Å²) in [5, 5.41) is 5.35. The van der Waals surface area contributed by atoms with Crippen LogP contribution in [0.5, 0.6) is 5.75 Å². The van der Waals surface area contributed by atoms with Crippen molar-refractivity contribution in [2.45, 2.75) is 20.8 Å². The van der Waals surface area contributed by atoms with Crippen LogP contribution in [0.25, 0.3) is 10.6 Å². The molecule has 1 heterocycles. The summed E-state index contributed by atoms with van der Waals surface area (Å²) in [4.78, 5) is 31.5. The van der Waals surface area contributed by atoms with Gasteiger partial charge in [0.1, 0.15) is 23.0 Å². The Hall–Kier alpha value is -3.19. The topological polar surface area (TPSA) is 71.5 Å². The molecule has 0 saturated heterocycles. The van der Waals surface area contributed by atoms with Gasteiger partial charge in [0.2, 0.25) is 5.91 Å². The quantitative estimate of drug-likeness (QED) is 0.606. The van der Waals surface area contributed by atoms with E-state index < -0.39 is 0 Å². The molecule has 3 aromatic rings. The van der Waals surface area contributed by atoms with Crippen LogP contribution in [0.2, 0.25) is 0 Å². The van der Waals surface area contributed by atoms with Crippen molar-refractivity contribution in [3.05, 3.63) is 64.7 Å². The van der Waals surface area contributed by atoms with Gasteiger partial charge in [-0.2, -0.15) is 0 Å². The van der Waals surface area contributed by atoms with E-state index in [-0.39, 0.29) is 18.4 Å². The summed E-state index contributed by atoms with van der Waals surface area (Å²) < 4.78 is 5.25. The number of carbonyl (C=O) groups is 2. The first-order valence-corrected chi connectivity index (χ1v) is 10.6. The van der Waals surface area contributed by atoms with E-state index in [1.54, 1.807) is 24.6 Å². The highest BCUT2D eigenvalue weighted by atomic mass is 32.1. The first kappa shape index (κ1) is 21.5. The van der Waals surface area contributed by atoms with Crippen LogP contribution < -0.4 is 10.1 Å². The van der Waals surface area contributed by atoms with Crippen molar-refractivity contribution in [3.63, 3.8) is 0 Å². The zero-order valence-electron chi connectivity index (χ0n) is 17.6. The number of anilines is 1. The maximum absolute atomic E-state index is 12.9. The smallest absolute Gasteiger partial charge is 0.273 e. The van der Waals surface area contributed by atoms with Crippen LogP contribution in [0.1, 0.15) is 28.5 Å². The number of para-hydroxylation sites is 2. The summed E-state index contributed by atoms with van der Waals surface area (Å²) >= 11 is 1.43. The minimum atomic E-state index is -0.292. The average molecular weight is 424 g/mol. The van der Waals surface area contributed by atoms with Crippen molar-refractivity contribution in [2.75, 3.05) is 25.5 Å². The highest BCUT2D eigenvalue weighted by Gasteiger charge is 2.21. The summed E-state index contributed by atoms with van der Waals surface area (Å²) in [7, 11) is 1.54. The third kappa shape index (κ3) is 4.86. The number of rotatable bonds is 7. The number of methoxy groups -OCH3 is 1. The standard InChI is InChI=1S/C23H25N3O3S/c1-5-26(13-21(27)24-18-8-6-7-9-20(18)29-4)23(28)19-14-30-22(25-19)17-11-10-15(2)12-16(17)3/h6-12,14H,5,13H2,1-4H3,(H,24,27). The Balaban J connectivity index is 1.72. The zero-order valence-corrected chi connectivity index (χ0v) is 18.4. The van der Waals surface area contributed by atoms with Gasteiger partial charge >= 0.3 is 0 Å². The Bertz CT molecular complexity index is 1060. The lowest BCUT2D eigenvalue weighted by molar-refractivity contribution is -0.116. The Morgan fingerprint density at radius 3 is 2.63 bits per heavy atom. The van der Waals surface area contributed by atoms with Gasteiger partial charge in [-0.05, 0) is 38.5 Å². The van der Waals surface area contributed by atoms with Crippen molar-refractivity contribution < 1.29 is 14.3 Å². The highest BCUT2D eigenvalue weighted by molar-refractivity contribution is 7.13. The van der Waals surface area contributed by atoms with Crippen molar-refractivity contribution in [2.24, 2.45) is 0 Å². The number of thiazole rings is 1. The second-order valence-electron chi connectivity index (χ2n) is 6.92. The first-order valence-electron chi connectivity index (χ1n) is 9.68. The van der Waals surface area contributed by atoms with Gasteiger partial charge in [-0.15, -0.1) is 11.3 Å². The van der Waals surface area contributed by atoms with Crippen LogP contribution in [-0.2, 0) is 4.79 Å². The van der Waals surface area contributed by atoms with E-state index in [9.17, 15) is 9.59 Å². The van der Waals surface area contributed by atoms with Crippen LogP contribution in [0.4, 0.5) is 5.69 Å². The number of amides is 2. The van der Waals surface area contributed by atoms with Crippen LogP contribution in [0.3, 0.4) is 0 Å². The number of aromatic nitrogens is 1. The van der Waals surface area contributed by atoms with Gasteiger partial charge in [-0.25, -0.2) is 4.98 Å². The van der Waals surface area contributed by atoms with E-state index >= 15 is 0 Å². The van der Waals surface area contributed by atoms with Crippen LogP contribution in [0.15, 0.2) is 47.8 Å². The van der Waals surface area contributed by atoms with Gasteiger partial charge in [-0.1, -0.05) is 35.9 Å². The molecule has 0 unspecified atom stereocenters. The summed E-state index contributed by atoms with van der Waals surface area (Å²) in [5.41, 5.74) is 4.23. The number of aryl methyl sites for hydroxylation is 2. The monoisotopic (exact) mass is 423 g/mol. The predicted octanol–water partition coefficient (Wildman–Crippen LogP) is 4.54. The normalized spacial score (nSPS) is 10.5. The van der Waals surface area contributed by atoms with Crippen LogP contribution in [0, 0.1) is 13.8 Å². The summed E-state index contributed by atoms with van der Waals surface area (Å²) in [6.45, 7) is 6.25. The minimum absolute atomic E-state index is 0.0657. The molecule has 0 saturated carbocycles. The molecule has 156 valence electrons. The number of hydrogen-bond acceptors (Lipinski definition) is 5. The molecule has 1 aromatic heterocycles. The first-order chi connectivity index (χ1) is 14.4. The van der Waals surface area contributed by atoms with E-state index in [1.165, 1.54) is 21.8 Å². The molecule has 0 radical (unpaired) electrons. The lowest BCUT2D eigenvalue weighted by Gasteiger charge is -2.19. The summed E-state index contributed by atoms with van der Waals surface area (Å²) in [6.07, 6.45) is 0. The highest BCUT2D eigenvalue weighted by Crippen LogP contribution is 2.28. The predicted molar refractivity (Wildman–Crippen MR) is 120 cm³/mol. The average Bonchev–Trinajstić information content (AvgIpc) is 3.21. The number of nitrogens with zero attached hydrogens (tertiary/aromatic N) is 2. The molecule has 30 heavy (non-hydrogen) atoms. The number of carbonyl (C=O) groups excluding carboxylic acids is 2. The van der Waals surface area contributed by atoms with Crippen molar-refractivity contribution in [1.29, 1.82) is 0 Å².